The predicted molar refractivity (Wildman–Crippen MR) is 81.5 cm³/mol. The summed E-state index contributed by atoms with van der Waals surface area (Å²) in [6.45, 7) is 3.41. The summed E-state index contributed by atoms with van der Waals surface area (Å²) in [6, 6.07) is 14.7. The molecule has 0 aliphatic heterocycles. The van der Waals surface area contributed by atoms with Crippen molar-refractivity contribution in [2.24, 2.45) is 5.92 Å². The average molecular weight is 271 g/mol. The second kappa shape index (κ2) is 6.53. The maximum Gasteiger partial charge on any atom is 0.309 e. The van der Waals surface area contributed by atoms with Gasteiger partial charge in [-0.25, -0.2) is 0 Å². The van der Waals surface area contributed by atoms with Gasteiger partial charge in [-0.05, 0) is 23.4 Å². The Balaban J connectivity index is 2.10. The molecule has 0 radical (unpaired) electrons. The maximum atomic E-state index is 11.5. The van der Waals surface area contributed by atoms with E-state index in [1.807, 2.05) is 14.0 Å². The molecule has 2 aromatic rings. The zero-order valence-electron chi connectivity index (χ0n) is 12.3. The first-order valence-corrected chi connectivity index (χ1v) is 6.85. The summed E-state index contributed by atoms with van der Waals surface area (Å²) >= 11 is 0. The van der Waals surface area contributed by atoms with Crippen LogP contribution in [-0.4, -0.2) is 31.6 Å². The quantitative estimate of drug-likeness (QED) is 0.783. The molecule has 0 aliphatic rings. The highest BCUT2D eigenvalue weighted by Gasteiger charge is 2.15. The number of hydrogen-bond donors (Lipinski definition) is 0. The van der Waals surface area contributed by atoms with Crippen molar-refractivity contribution in [2.45, 2.75) is 13.5 Å². The van der Waals surface area contributed by atoms with Crippen LogP contribution in [0.5, 0.6) is 0 Å². The summed E-state index contributed by atoms with van der Waals surface area (Å²) in [6.07, 6.45) is 0. The van der Waals surface area contributed by atoms with Gasteiger partial charge in [0.05, 0.1) is 13.0 Å². The molecular weight excluding hydrogens is 250 g/mol. The van der Waals surface area contributed by atoms with Gasteiger partial charge in [0.1, 0.15) is 0 Å². The third-order valence-corrected chi connectivity index (χ3v) is 3.51. The Morgan fingerprint density at radius 1 is 1.20 bits per heavy atom. The number of hydrogen-bond acceptors (Lipinski definition) is 3. The van der Waals surface area contributed by atoms with Crippen molar-refractivity contribution in [3.05, 3.63) is 48.0 Å². The molecule has 0 saturated heterocycles. The topological polar surface area (TPSA) is 29.5 Å². The molecule has 0 spiro atoms. The number of carbonyl (C=O) groups excluding carboxylic acids is 1. The molecule has 3 nitrogen and oxygen atoms in total. The molecule has 0 heterocycles. The van der Waals surface area contributed by atoms with Crippen molar-refractivity contribution in [1.82, 2.24) is 4.90 Å². The molecule has 0 aromatic heterocycles. The van der Waals surface area contributed by atoms with Gasteiger partial charge in [0.15, 0.2) is 0 Å². The minimum atomic E-state index is -0.158. The van der Waals surface area contributed by atoms with E-state index in [9.17, 15) is 4.79 Å². The van der Waals surface area contributed by atoms with Crippen molar-refractivity contribution in [3.63, 3.8) is 0 Å². The number of ether oxygens (including phenoxy) is 1. The first kappa shape index (κ1) is 14.5. The first-order chi connectivity index (χ1) is 9.61. The summed E-state index contributed by atoms with van der Waals surface area (Å²) in [7, 11) is 3.46. The number of fused-ring (bicyclic) bond motifs is 1. The fourth-order valence-electron chi connectivity index (χ4n) is 2.53. The monoisotopic (exact) mass is 271 g/mol. The summed E-state index contributed by atoms with van der Waals surface area (Å²) < 4.78 is 4.77. The van der Waals surface area contributed by atoms with Gasteiger partial charge in [0, 0.05) is 13.1 Å². The summed E-state index contributed by atoms with van der Waals surface area (Å²) in [5.41, 5.74) is 1.28. The molecule has 0 N–H and O–H groups in total. The smallest absolute Gasteiger partial charge is 0.309 e. The van der Waals surface area contributed by atoms with Gasteiger partial charge in [-0.2, -0.15) is 0 Å². The van der Waals surface area contributed by atoms with E-state index < -0.39 is 0 Å². The predicted octanol–water partition coefficient (Wildman–Crippen LogP) is 3.08. The van der Waals surface area contributed by atoms with E-state index in [1.165, 1.54) is 23.4 Å². The first-order valence-electron chi connectivity index (χ1n) is 6.85. The lowest BCUT2D eigenvalue weighted by molar-refractivity contribution is -0.145. The highest BCUT2D eigenvalue weighted by molar-refractivity contribution is 5.85. The zero-order valence-corrected chi connectivity index (χ0v) is 12.3. The number of benzene rings is 2. The van der Waals surface area contributed by atoms with Crippen molar-refractivity contribution in [2.75, 3.05) is 20.7 Å². The van der Waals surface area contributed by atoms with Crippen LogP contribution in [0.25, 0.3) is 10.8 Å². The van der Waals surface area contributed by atoms with Crippen LogP contribution >= 0.6 is 0 Å². The molecule has 3 heteroatoms. The lowest BCUT2D eigenvalue weighted by Gasteiger charge is -2.20. The number of rotatable bonds is 5. The van der Waals surface area contributed by atoms with E-state index in [0.29, 0.717) is 6.54 Å². The molecule has 2 aromatic carbocycles. The van der Waals surface area contributed by atoms with Crippen LogP contribution in [0.15, 0.2) is 42.5 Å². The number of carbonyl (C=O) groups is 1. The number of esters is 1. The van der Waals surface area contributed by atoms with Gasteiger partial charge in [-0.15, -0.1) is 0 Å². The Bertz CT molecular complexity index is 589. The minimum absolute atomic E-state index is 0.111. The Labute approximate surface area is 120 Å². The summed E-state index contributed by atoms with van der Waals surface area (Å²) in [4.78, 5) is 13.6. The number of methoxy groups -OCH3 is 1. The van der Waals surface area contributed by atoms with Crippen molar-refractivity contribution in [3.8, 4) is 0 Å². The van der Waals surface area contributed by atoms with Gasteiger partial charge in [-0.3, -0.25) is 4.79 Å². The second-order valence-electron chi connectivity index (χ2n) is 5.26. The van der Waals surface area contributed by atoms with E-state index in [2.05, 4.69) is 47.4 Å². The highest BCUT2D eigenvalue weighted by atomic mass is 16.5. The van der Waals surface area contributed by atoms with Gasteiger partial charge in [-0.1, -0.05) is 49.4 Å². The van der Waals surface area contributed by atoms with Gasteiger partial charge in [0.25, 0.3) is 0 Å². The van der Waals surface area contributed by atoms with Crippen LogP contribution < -0.4 is 0 Å². The molecule has 0 aliphatic carbocycles. The van der Waals surface area contributed by atoms with Crippen molar-refractivity contribution in [1.29, 1.82) is 0 Å². The maximum absolute atomic E-state index is 11.5. The van der Waals surface area contributed by atoms with E-state index in [1.54, 1.807) is 0 Å². The summed E-state index contributed by atoms with van der Waals surface area (Å²) in [5.74, 6) is -0.269. The van der Waals surface area contributed by atoms with Crippen LogP contribution in [-0.2, 0) is 16.1 Å². The molecule has 0 saturated carbocycles. The van der Waals surface area contributed by atoms with Crippen molar-refractivity contribution < 1.29 is 9.53 Å². The lowest BCUT2D eigenvalue weighted by Crippen LogP contribution is -2.29. The highest BCUT2D eigenvalue weighted by Crippen LogP contribution is 2.19. The van der Waals surface area contributed by atoms with Gasteiger partial charge in [0.2, 0.25) is 0 Å². The van der Waals surface area contributed by atoms with Crippen LogP contribution in [0.1, 0.15) is 12.5 Å². The molecule has 106 valence electrons. The van der Waals surface area contributed by atoms with Crippen LogP contribution in [0.3, 0.4) is 0 Å². The molecular formula is C17H21NO2. The fraction of sp³-hybridized carbons (Fsp3) is 0.353. The van der Waals surface area contributed by atoms with Crippen LogP contribution in [0.4, 0.5) is 0 Å². The molecule has 20 heavy (non-hydrogen) atoms. The Morgan fingerprint density at radius 3 is 2.65 bits per heavy atom. The molecule has 0 amide bonds. The van der Waals surface area contributed by atoms with Gasteiger partial charge < -0.3 is 9.64 Å². The largest absolute Gasteiger partial charge is 0.469 e. The van der Waals surface area contributed by atoms with Crippen LogP contribution in [0.2, 0.25) is 0 Å². The Hall–Kier alpha value is -1.87. The SMILES string of the molecule is COC(=O)C(C)CN(C)Cc1cccc2ccccc12. The Morgan fingerprint density at radius 2 is 1.90 bits per heavy atom. The average Bonchev–Trinajstić information content (AvgIpc) is 2.46. The fourth-order valence-corrected chi connectivity index (χ4v) is 2.53. The van der Waals surface area contributed by atoms with Gasteiger partial charge >= 0.3 is 5.97 Å². The molecule has 1 unspecified atom stereocenters. The standard InChI is InChI=1S/C17H21NO2/c1-13(17(19)20-3)11-18(2)12-15-9-6-8-14-7-4-5-10-16(14)15/h4-10,13H,11-12H2,1-3H3. The molecule has 0 bridgehead atoms. The zero-order chi connectivity index (χ0) is 14.5. The molecule has 0 fully saturated rings. The molecule has 2 rings (SSSR count). The Kier molecular flexibility index (Phi) is 4.74. The minimum Gasteiger partial charge on any atom is -0.469 e. The van der Waals surface area contributed by atoms with Crippen molar-refractivity contribution >= 4 is 16.7 Å². The normalized spacial score (nSPS) is 12.6. The number of nitrogens with zero attached hydrogens (tertiary/aromatic N) is 1. The van der Waals surface area contributed by atoms with E-state index in [4.69, 9.17) is 4.74 Å². The van der Waals surface area contributed by atoms with E-state index in [-0.39, 0.29) is 11.9 Å². The van der Waals surface area contributed by atoms with E-state index >= 15 is 0 Å². The summed E-state index contributed by atoms with van der Waals surface area (Å²) in [5, 5.41) is 2.52. The van der Waals surface area contributed by atoms with E-state index in [0.717, 1.165) is 6.54 Å². The van der Waals surface area contributed by atoms with Crippen LogP contribution in [0, 0.1) is 5.92 Å². The second-order valence-corrected chi connectivity index (χ2v) is 5.26. The lowest BCUT2D eigenvalue weighted by atomic mass is 10.0. The third kappa shape index (κ3) is 3.36. The third-order valence-electron chi connectivity index (χ3n) is 3.51. The molecule has 1 atom stereocenters.